The molecular formula is C18H25O3-. The summed E-state index contributed by atoms with van der Waals surface area (Å²) in [5.41, 5.74) is 3.20. The summed E-state index contributed by atoms with van der Waals surface area (Å²) < 4.78 is 5.68. The first-order chi connectivity index (χ1) is 10.00. The molecule has 0 atom stereocenters. The minimum atomic E-state index is -1.03. The van der Waals surface area contributed by atoms with Gasteiger partial charge >= 0.3 is 0 Å². The lowest BCUT2D eigenvalue weighted by Gasteiger charge is -2.36. The van der Waals surface area contributed by atoms with Crippen molar-refractivity contribution in [1.82, 2.24) is 0 Å². The molecule has 21 heavy (non-hydrogen) atoms. The number of benzene rings is 1. The lowest BCUT2D eigenvalue weighted by atomic mass is 9.70. The van der Waals surface area contributed by atoms with Crippen molar-refractivity contribution in [1.29, 1.82) is 0 Å². The van der Waals surface area contributed by atoms with Gasteiger partial charge in [-0.3, -0.25) is 0 Å². The summed E-state index contributed by atoms with van der Waals surface area (Å²) in [6.07, 6.45) is 6.84. The van der Waals surface area contributed by atoms with Crippen LogP contribution in [0.25, 0.3) is 0 Å². The molecule has 1 aromatic carbocycles. The molecular weight excluding hydrogens is 264 g/mol. The second kappa shape index (κ2) is 6.50. The van der Waals surface area contributed by atoms with Gasteiger partial charge in [0.25, 0.3) is 0 Å². The highest BCUT2D eigenvalue weighted by Gasteiger charge is 2.32. The number of carbonyl (C=O) groups excluding carboxylic acids is 1. The molecule has 0 bridgehead atoms. The van der Waals surface area contributed by atoms with Crippen LogP contribution in [-0.4, -0.2) is 13.1 Å². The second-order valence-corrected chi connectivity index (χ2v) is 6.36. The highest BCUT2D eigenvalue weighted by molar-refractivity contribution is 5.68. The zero-order chi connectivity index (χ0) is 15.5. The summed E-state index contributed by atoms with van der Waals surface area (Å²) in [7, 11) is 1.71. The van der Waals surface area contributed by atoms with Gasteiger partial charge in [0.1, 0.15) is 5.75 Å². The molecule has 1 aliphatic carbocycles. The molecule has 0 saturated heterocycles. The molecule has 2 rings (SSSR count). The summed E-state index contributed by atoms with van der Waals surface area (Å²) in [4.78, 5) is 10.9. The number of carbonyl (C=O) groups is 1. The van der Waals surface area contributed by atoms with Gasteiger partial charge < -0.3 is 14.6 Å². The topological polar surface area (TPSA) is 49.4 Å². The van der Waals surface area contributed by atoms with Gasteiger partial charge in [-0.1, -0.05) is 45.2 Å². The first kappa shape index (κ1) is 15.9. The standard InChI is InChI=1S/C18H26O3/c1-4-14-10-13(12-16(19)20)11-15(17(14)21-3)18(2)8-6-5-7-9-18/h10-11H,4-9,12H2,1-3H3,(H,19,20)/p-1. The molecule has 116 valence electrons. The number of carboxylic acid groups (broad SMARTS) is 1. The fourth-order valence-electron chi connectivity index (χ4n) is 3.58. The molecule has 0 aliphatic heterocycles. The quantitative estimate of drug-likeness (QED) is 0.837. The molecule has 0 unspecified atom stereocenters. The number of methoxy groups -OCH3 is 1. The van der Waals surface area contributed by atoms with Crippen molar-refractivity contribution in [3.05, 3.63) is 28.8 Å². The highest BCUT2D eigenvalue weighted by atomic mass is 16.5. The van der Waals surface area contributed by atoms with Gasteiger partial charge in [0.05, 0.1) is 7.11 Å². The normalized spacial score (nSPS) is 17.5. The summed E-state index contributed by atoms with van der Waals surface area (Å²) in [6.45, 7) is 4.36. The lowest BCUT2D eigenvalue weighted by Crippen LogP contribution is -2.27. The van der Waals surface area contributed by atoms with Gasteiger partial charge in [0, 0.05) is 18.0 Å². The Hall–Kier alpha value is -1.51. The summed E-state index contributed by atoms with van der Waals surface area (Å²) in [5.74, 6) is -0.0778. The largest absolute Gasteiger partial charge is 0.550 e. The van der Waals surface area contributed by atoms with E-state index in [-0.39, 0.29) is 11.8 Å². The predicted molar refractivity (Wildman–Crippen MR) is 81.5 cm³/mol. The first-order valence-electron chi connectivity index (χ1n) is 7.90. The Balaban J connectivity index is 2.52. The van der Waals surface area contributed by atoms with Gasteiger partial charge in [-0.15, -0.1) is 0 Å². The number of hydrogen-bond acceptors (Lipinski definition) is 3. The number of hydrogen-bond donors (Lipinski definition) is 0. The molecule has 0 spiro atoms. The molecule has 1 aromatic rings. The van der Waals surface area contributed by atoms with Crippen LogP contribution < -0.4 is 9.84 Å². The van der Waals surface area contributed by atoms with Crippen molar-refractivity contribution in [2.24, 2.45) is 0 Å². The van der Waals surface area contributed by atoms with E-state index in [1.165, 1.54) is 24.8 Å². The number of ether oxygens (including phenoxy) is 1. The van der Waals surface area contributed by atoms with E-state index < -0.39 is 5.97 Å². The average Bonchev–Trinajstić information content (AvgIpc) is 2.46. The summed E-state index contributed by atoms with van der Waals surface area (Å²) in [5, 5.41) is 10.9. The molecule has 3 nitrogen and oxygen atoms in total. The first-order valence-corrected chi connectivity index (χ1v) is 7.90. The van der Waals surface area contributed by atoms with E-state index in [2.05, 4.69) is 13.8 Å². The SMILES string of the molecule is CCc1cc(CC(=O)[O-])cc(C2(C)CCCCC2)c1OC. The van der Waals surface area contributed by atoms with Crippen molar-refractivity contribution in [3.8, 4) is 5.75 Å². The van der Waals surface area contributed by atoms with E-state index in [0.29, 0.717) is 0 Å². The van der Waals surface area contributed by atoms with Crippen LogP contribution in [0.4, 0.5) is 0 Å². The Bertz CT molecular complexity index is 513. The molecule has 0 amide bonds. The minimum absolute atomic E-state index is 0.0277. The molecule has 1 aliphatic rings. The Morgan fingerprint density at radius 3 is 2.48 bits per heavy atom. The highest BCUT2D eigenvalue weighted by Crippen LogP contribution is 2.44. The zero-order valence-electron chi connectivity index (χ0n) is 13.3. The van der Waals surface area contributed by atoms with Crippen molar-refractivity contribution in [2.45, 2.75) is 64.2 Å². The fraction of sp³-hybridized carbons (Fsp3) is 0.611. The van der Waals surface area contributed by atoms with Crippen LogP contribution in [0.2, 0.25) is 0 Å². The molecule has 0 heterocycles. The van der Waals surface area contributed by atoms with Crippen LogP contribution in [0, 0.1) is 0 Å². The van der Waals surface area contributed by atoms with E-state index in [0.717, 1.165) is 36.1 Å². The van der Waals surface area contributed by atoms with Crippen LogP contribution >= 0.6 is 0 Å². The van der Waals surface area contributed by atoms with Crippen LogP contribution in [0.1, 0.15) is 62.6 Å². The third kappa shape index (κ3) is 3.39. The van der Waals surface area contributed by atoms with E-state index in [9.17, 15) is 9.90 Å². The third-order valence-corrected chi connectivity index (χ3v) is 4.77. The second-order valence-electron chi connectivity index (χ2n) is 6.36. The maximum Gasteiger partial charge on any atom is 0.125 e. The summed E-state index contributed by atoms with van der Waals surface area (Å²) in [6, 6.07) is 3.98. The molecule has 0 N–H and O–H groups in total. The molecule has 0 radical (unpaired) electrons. The predicted octanol–water partition coefficient (Wildman–Crippen LogP) is 2.77. The van der Waals surface area contributed by atoms with Gasteiger partial charge in [-0.25, -0.2) is 0 Å². The van der Waals surface area contributed by atoms with E-state index >= 15 is 0 Å². The number of aliphatic carboxylic acids is 1. The molecule has 1 fully saturated rings. The van der Waals surface area contributed by atoms with E-state index in [1.54, 1.807) is 7.11 Å². The Morgan fingerprint density at radius 1 is 1.29 bits per heavy atom. The number of carboxylic acids is 1. The number of rotatable bonds is 5. The van der Waals surface area contributed by atoms with Crippen LogP contribution in [0.3, 0.4) is 0 Å². The average molecular weight is 289 g/mol. The van der Waals surface area contributed by atoms with E-state index in [4.69, 9.17) is 4.74 Å². The smallest absolute Gasteiger partial charge is 0.125 e. The van der Waals surface area contributed by atoms with Gasteiger partial charge in [-0.2, -0.15) is 0 Å². The van der Waals surface area contributed by atoms with Gasteiger partial charge in [-0.05, 0) is 35.8 Å². The maximum absolute atomic E-state index is 10.9. The Morgan fingerprint density at radius 2 is 1.95 bits per heavy atom. The van der Waals surface area contributed by atoms with E-state index in [1.807, 2.05) is 12.1 Å². The van der Waals surface area contributed by atoms with Crippen molar-refractivity contribution in [2.75, 3.05) is 7.11 Å². The molecule has 1 saturated carbocycles. The Labute approximate surface area is 127 Å². The zero-order valence-corrected chi connectivity index (χ0v) is 13.3. The molecule has 0 aromatic heterocycles. The molecule has 3 heteroatoms. The van der Waals surface area contributed by atoms with Crippen LogP contribution in [-0.2, 0) is 23.1 Å². The van der Waals surface area contributed by atoms with Crippen LogP contribution in [0.5, 0.6) is 5.75 Å². The fourth-order valence-corrected chi connectivity index (χ4v) is 3.58. The Kier molecular flexibility index (Phi) is 4.92. The lowest BCUT2D eigenvalue weighted by molar-refractivity contribution is -0.304. The maximum atomic E-state index is 10.9. The van der Waals surface area contributed by atoms with Gasteiger partial charge in [0.15, 0.2) is 0 Å². The summed E-state index contributed by atoms with van der Waals surface area (Å²) >= 11 is 0. The monoisotopic (exact) mass is 289 g/mol. The third-order valence-electron chi connectivity index (χ3n) is 4.77. The van der Waals surface area contributed by atoms with Gasteiger partial charge in [0.2, 0.25) is 0 Å². The number of aryl methyl sites for hydroxylation is 1. The van der Waals surface area contributed by atoms with Crippen LogP contribution in [0.15, 0.2) is 12.1 Å². The van der Waals surface area contributed by atoms with Crippen molar-refractivity contribution >= 4 is 5.97 Å². The van der Waals surface area contributed by atoms with Crippen molar-refractivity contribution in [3.63, 3.8) is 0 Å². The minimum Gasteiger partial charge on any atom is -0.550 e. The van der Waals surface area contributed by atoms with Crippen molar-refractivity contribution < 1.29 is 14.6 Å².